The van der Waals surface area contributed by atoms with Gasteiger partial charge in [-0.25, -0.2) is 8.42 Å². The minimum atomic E-state index is -3.35. The van der Waals surface area contributed by atoms with E-state index >= 15 is 0 Å². The van der Waals surface area contributed by atoms with Gasteiger partial charge in [0, 0.05) is 23.6 Å². The molecule has 0 radical (unpaired) electrons. The first-order valence-corrected chi connectivity index (χ1v) is 8.57. The summed E-state index contributed by atoms with van der Waals surface area (Å²) in [4.78, 5) is 2.54. The molecule has 6 heteroatoms. The van der Waals surface area contributed by atoms with E-state index in [0.717, 1.165) is 17.3 Å². The third kappa shape index (κ3) is 3.37. The van der Waals surface area contributed by atoms with Gasteiger partial charge in [0.15, 0.2) is 0 Å². The van der Waals surface area contributed by atoms with Gasteiger partial charge in [0.1, 0.15) is 0 Å². The second-order valence-electron chi connectivity index (χ2n) is 5.06. The third-order valence-electron chi connectivity index (χ3n) is 3.59. The number of halogens is 1. The Kier molecular flexibility index (Phi) is 4.66. The van der Waals surface area contributed by atoms with E-state index in [1.54, 1.807) is 22.5 Å². The largest absolute Gasteiger partial charge is 0.306 e. The van der Waals surface area contributed by atoms with Crippen molar-refractivity contribution in [1.29, 1.82) is 0 Å². The second-order valence-corrected chi connectivity index (χ2v) is 7.91. The Labute approximate surface area is 123 Å². The van der Waals surface area contributed by atoms with Gasteiger partial charge in [0.25, 0.3) is 0 Å². The van der Waals surface area contributed by atoms with Gasteiger partial charge in [-0.2, -0.15) is 4.31 Å². The molecular weight excluding hydrogens is 328 g/mol. The van der Waals surface area contributed by atoms with Crippen LogP contribution in [0.15, 0.2) is 33.6 Å². The predicted molar refractivity (Wildman–Crippen MR) is 79.6 cm³/mol. The molecular formula is C13H19BrN2O2S. The Morgan fingerprint density at radius 2 is 1.89 bits per heavy atom. The van der Waals surface area contributed by atoms with Gasteiger partial charge >= 0.3 is 0 Å². The van der Waals surface area contributed by atoms with E-state index in [1.807, 2.05) is 20.2 Å². The Hall–Kier alpha value is -0.430. The molecule has 1 aliphatic heterocycles. The average Bonchev–Trinajstić information content (AvgIpc) is 2.39. The number of piperidine rings is 1. The van der Waals surface area contributed by atoms with Crippen molar-refractivity contribution in [2.24, 2.45) is 0 Å². The van der Waals surface area contributed by atoms with Crippen molar-refractivity contribution in [1.82, 2.24) is 9.21 Å². The van der Waals surface area contributed by atoms with Crippen molar-refractivity contribution in [3.05, 3.63) is 28.7 Å². The van der Waals surface area contributed by atoms with Crippen molar-refractivity contribution in [3.8, 4) is 0 Å². The van der Waals surface area contributed by atoms with Crippen LogP contribution in [0.2, 0.25) is 0 Å². The normalized spacial score (nSPS) is 18.9. The molecule has 0 bridgehead atoms. The zero-order chi connectivity index (χ0) is 14.0. The minimum Gasteiger partial charge on any atom is -0.306 e. The summed E-state index contributed by atoms with van der Waals surface area (Å²) in [5.41, 5.74) is 0. The Morgan fingerprint density at radius 1 is 1.26 bits per heavy atom. The lowest BCUT2D eigenvalue weighted by molar-refractivity contribution is 0.196. The summed E-state index contributed by atoms with van der Waals surface area (Å²) >= 11 is 3.32. The SMILES string of the molecule is CN(C)C1CCN(S(=O)(=O)c2cccc(Br)c2)CC1. The fourth-order valence-corrected chi connectivity index (χ4v) is 4.44. The highest BCUT2D eigenvalue weighted by Gasteiger charge is 2.29. The summed E-state index contributed by atoms with van der Waals surface area (Å²) in [6.45, 7) is 1.19. The zero-order valence-corrected chi connectivity index (χ0v) is 13.6. The maximum atomic E-state index is 12.5. The Morgan fingerprint density at radius 3 is 2.42 bits per heavy atom. The van der Waals surface area contributed by atoms with Crippen LogP contribution in [0.1, 0.15) is 12.8 Å². The molecule has 0 aliphatic carbocycles. The summed E-state index contributed by atoms with van der Waals surface area (Å²) < 4.78 is 27.4. The number of sulfonamides is 1. The molecule has 1 heterocycles. The van der Waals surface area contributed by atoms with Crippen LogP contribution >= 0.6 is 15.9 Å². The van der Waals surface area contributed by atoms with E-state index in [9.17, 15) is 8.42 Å². The fourth-order valence-electron chi connectivity index (χ4n) is 2.38. The van der Waals surface area contributed by atoms with Crippen molar-refractivity contribution in [3.63, 3.8) is 0 Å². The van der Waals surface area contributed by atoms with Gasteiger partial charge in [0.2, 0.25) is 10.0 Å². The van der Waals surface area contributed by atoms with Crippen LogP contribution in [0.5, 0.6) is 0 Å². The van der Waals surface area contributed by atoms with Gasteiger partial charge in [-0.15, -0.1) is 0 Å². The summed E-state index contributed by atoms with van der Waals surface area (Å²) in [5, 5.41) is 0. The lowest BCUT2D eigenvalue weighted by atomic mass is 10.1. The zero-order valence-electron chi connectivity index (χ0n) is 11.2. The van der Waals surface area contributed by atoms with Gasteiger partial charge in [-0.05, 0) is 45.1 Å². The number of nitrogens with zero attached hydrogens (tertiary/aromatic N) is 2. The minimum absolute atomic E-state index is 0.366. The maximum absolute atomic E-state index is 12.5. The van der Waals surface area contributed by atoms with Gasteiger partial charge < -0.3 is 4.90 Å². The molecule has 1 aliphatic rings. The topological polar surface area (TPSA) is 40.6 Å². The number of hydrogen-bond acceptors (Lipinski definition) is 3. The van der Waals surface area contributed by atoms with Crippen LogP contribution in [0.25, 0.3) is 0 Å². The van der Waals surface area contributed by atoms with Crippen LogP contribution in [-0.4, -0.2) is 50.8 Å². The van der Waals surface area contributed by atoms with Crippen LogP contribution in [-0.2, 0) is 10.0 Å². The van der Waals surface area contributed by atoms with E-state index in [-0.39, 0.29) is 0 Å². The number of benzene rings is 1. The van der Waals surface area contributed by atoms with Crippen LogP contribution in [0.4, 0.5) is 0 Å². The van der Waals surface area contributed by atoms with Gasteiger partial charge in [-0.3, -0.25) is 0 Å². The quantitative estimate of drug-likeness (QED) is 0.841. The van der Waals surface area contributed by atoms with E-state index < -0.39 is 10.0 Å². The van der Waals surface area contributed by atoms with Crippen LogP contribution in [0, 0.1) is 0 Å². The highest BCUT2D eigenvalue weighted by Crippen LogP contribution is 2.24. The van der Waals surface area contributed by atoms with Crippen molar-refractivity contribution in [2.45, 2.75) is 23.8 Å². The van der Waals surface area contributed by atoms with Crippen LogP contribution in [0.3, 0.4) is 0 Å². The first-order valence-electron chi connectivity index (χ1n) is 6.33. The standard InChI is InChI=1S/C13H19BrN2O2S/c1-15(2)12-6-8-16(9-7-12)19(17,18)13-5-3-4-11(14)10-13/h3-5,10,12H,6-9H2,1-2H3. The molecule has 0 unspecified atom stereocenters. The lowest BCUT2D eigenvalue weighted by Gasteiger charge is -2.34. The molecule has 1 aromatic rings. The van der Waals surface area contributed by atoms with Crippen molar-refractivity contribution < 1.29 is 8.42 Å². The summed E-state index contributed by atoms with van der Waals surface area (Å²) in [5.74, 6) is 0. The smallest absolute Gasteiger partial charge is 0.243 e. The molecule has 106 valence electrons. The Balaban J connectivity index is 2.14. The second kappa shape index (κ2) is 5.91. The summed E-state index contributed by atoms with van der Waals surface area (Å²) in [6, 6.07) is 7.38. The molecule has 1 aromatic carbocycles. The number of rotatable bonds is 3. The molecule has 0 saturated carbocycles. The molecule has 1 saturated heterocycles. The van der Waals surface area contributed by atoms with E-state index in [2.05, 4.69) is 20.8 Å². The lowest BCUT2D eigenvalue weighted by Crippen LogP contribution is -2.44. The molecule has 4 nitrogen and oxygen atoms in total. The number of hydrogen-bond donors (Lipinski definition) is 0. The predicted octanol–water partition coefficient (Wildman–Crippen LogP) is 2.16. The summed E-state index contributed by atoms with van der Waals surface area (Å²) in [7, 11) is 0.741. The molecule has 0 N–H and O–H groups in total. The van der Waals surface area contributed by atoms with Crippen molar-refractivity contribution >= 4 is 26.0 Å². The van der Waals surface area contributed by atoms with Crippen molar-refractivity contribution in [2.75, 3.05) is 27.2 Å². The Bertz CT molecular complexity index is 537. The maximum Gasteiger partial charge on any atom is 0.243 e. The molecule has 2 rings (SSSR count). The molecule has 0 spiro atoms. The monoisotopic (exact) mass is 346 g/mol. The van der Waals surface area contributed by atoms with Crippen LogP contribution < -0.4 is 0 Å². The summed E-state index contributed by atoms with van der Waals surface area (Å²) in [6.07, 6.45) is 1.78. The molecule has 1 fully saturated rings. The molecule has 19 heavy (non-hydrogen) atoms. The highest BCUT2D eigenvalue weighted by molar-refractivity contribution is 9.10. The third-order valence-corrected chi connectivity index (χ3v) is 5.98. The molecule has 0 atom stereocenters. The van der Waals surface area contributed by atoms with E-state index in [4.69, 9.17) is 0 Å². The highest BCUT2D eigenvalue weighted by atomic mass is 79.9. The van der Waals surface area contributed by atoms with Gasteiger partial charge in [-0.1, -0.05) is 22.0 Å². The van der Waals surface area contributed by atoms with E-state index in [1.165, 1.54) is 0 Å². The average molecular weight is 347 g/mol. The first-order chi connectivity index (χ1) is 8.91. The molecule has 0 amide bonds. The van der Waals surface area contributed by atoms with Gasteiger partial charge in [0.05, 0.1) is 4.90 Å². The molecule has 0 aromatic heterocycles. The first kappa shape index (κ1) is 15.0. The fraction of sp³-hybridized carbons (Fsp3) is 0.538. The van der Waals surface area contributed by atoms with E-state index in [0.29, 0.717) is 24.0 Å².